The number of benzene rings is 1. The molecule has 1 N–H and O–H groups in total. The Morgan fingerprint density at radius 2 is 2.00 bits per heavy atom. The zero-order valence-electron chi connectivity index (χ0n) is 15.3. The van der Waals surface area contributed by atoms with Crippen molar-refractivity contribution in [3.63, 3.8) is 0 Å². The number of hydrogen-bond acceptors (Lipinski definition) is 3. The molecule has 1 saturated carbocycles. The first-order valence-corrected chi connectivity index (χ1v) is 10.4. The Labute approximate surface area is 157 Å². The van der Waals surface area contributed by atoms with Crippen molar-refractivity contribution in [3.8, 4) is 0 Å². The minimum Gasteiger partial charge on any atom is -0.423 e. The van der Waals surface area contributed by atoms with E-state index < -0.39 is 0 Å². The standard InChI is InChI=1S/C22H23NO2S/c1-13-9-18-16(11-21(24)25-19(18)10-14(13)2)12-23-7-5-20-17(6-8-26-20)22(23)15-3-4-15/h6,8-11,15,22H,3-5,7,12H2,1-2H3/p+1/t22-/m1/s1. The van der Waals surface area contributed by atoms with Gasteiger partial charge in [0.15, 0.2) is 0 Å². The molecule has 1 aliphatic carbocycles. The van der Waals surface area contributed by atoms with Crippen LogP contribution in [0.25, 0.3) is 11.0 Å². The largest absolute Gasteiger partial charge is 0.423 e. The summed E-state index contributed by atoms with van der Waals surface area (Å²) in [6, 6.07) is 8.86. The van der Waals surface area contributed by atoms with Gasteiger partial charge in [0.2, 0.25) is 0 Å². The molecule has 134 valence electrons. The lowest BCUT2D eigenvalue weighted by Crippen LogP contribution is -3.12. The highest BCUT2D eigenvalue weighted by Crippen LogP contribution is 2.42. The maximum atomic E-state index is 12.2. The highest BCUT2D eigenvalue weighted by molar-refractivity contribution is 7.10. The van der Waals surface area contributed by atoms with Gasteiger partial charge in [-0.2, -0.15) is 0 Å². The van der Waals surface area contributed by atoms with Gasteiger partial charge in [-0.1, -0.05) is 0 Å². The molecule has 1 unspecified atom stereocenters. The molecule has 0 radical (unpaired) electrons. The van der Waals surface area contributed by atoms with Crippen molar-refractivity contribution >= 4 is 22.3 Å². The van der Waals surface area contributed by atoms with E-state index in [2.05, 4.69) is 31.4 Å². The van der Waals surface area contributed by atoms with Gasteiger partial charge in [0.05, 0.1) is 6.54 Å². The van der Waals surface area contributed by atoms with Crippen LogP contribution in [0, 0.1) is 19.8 Å². The van der Waals surface area contributed by atoms with Gasteiger partial charge in [0.25, 0.3) is 0 Å². The Kier molecular flexibility index (Phi) is 3.80. The third-order valence-corrected chi connectivity index (χ3v) is 7.18. The normalized spacial score (nSPS) is 22.5. The SMILES string of the molecule is Cc1cc2oc(=O)cc(C[NH+]3CCc4sccc4[C@H]3C3CC3)c2cc1C. The molecule has 1 aromatic carbocycles. The summed E-state index contributed by atoms with van der Waals surface area (Å²) in [7, 11) is 0. The van der Waals surface area contributed by atoms with E-state index in [0.29, 0.717) is 6.04 Å². The second-order valence-corrected chi connectivity index (χ2v) is 8.97. The fourth-order valence-electron chi connectivity index (χ4n) is 4.57. The van der Waals surface area contributed by atoms with Crippen LogP contribution in [-0.4, -0.2) is 6.54 Å². The summed E-state index contributed by atoms with van der Waals surface area (Å²) in [4.78, 5) is 15.3. The van der Waals surface area contributed by atoms with E-state index in [1.807, 2.05) is 17.4 Å². The zero-order chi connectivity index (χ0) is 17.8. The summed E-state index contributed by atoms with van der Waals surface area (Å²) in [6.07, 6.45) is 3.85. The molecule has 2 aliphatic rings. The highest BCUT2D eigenvalue weighted by Gasteiger charge is 2.43. The fraction of sp³-hybridized carbons (Fsp3) is 0.409. The summed E-state index contributed by atoms with van der Waals surface area (Å²) in [5.74, 6) is 0.814. The Morgan fingerprint density at radius 3 is 2.81 bits per heavy atom. The fourth-order valence-corrected chi connectivity index (χ4v) is 5.50. The summed E-state index contributed by atoms with van der Waals surface area (Å²) >= 11 is 1.91. The first-order chi connectivity index (χ1) is 12.6. The Morgan fingerprint density at radius 1 is 1.19 bits per heavy atom. The lowest BCUT2D eigenvalue weighted by atomic mass is 9.94. The predicted octanol–water partition coefficient (Wildman–Crippen LogP) is 3.56. The number of rotatable bonds is 3. The molecule has 0 amide bonds. The van der Waals surface area contributed by atoms with Crippen molar-refractivity contribution in [1.82, 2.24) is 0 Å². The molecule has 1 fully saturated rings. The van der Waals surface area contributed by atoms with E-state index in [4.69, 9.17) is 4.42 Å². The highest BCUT2D eigenvalue weighted by atomic mass is 32.1. The van der Waals surface area contributed by atoms with Crippen molar-refractivity contribution in [1.29, 1.82) is 0 Å². The van der Waals surface area contributed by atoms with Gasteiger partial charge in [0, 0.05) is 39.8 Å². The molecular formula is C22H24NO2S+. The van der Waals surface area contributed by atoms with Crippen molar-refractivity contribution in [2.75, 3.05) is 6.54 Å². The van der Waals surface area contributed by atoms with Gasteiger partial charge >= 0.3 is 5.63 Å². The molecule has 2 aromatic heterocycles. The van der Waals surface area contributed by atoms with Crippen LogP contribution in [0.1, 0.15) is 46.0 Å². The molecule has 4 heteroatoms. The molecular weight excluding hydrogens is 342 g/mol. The Hall–Kier alpha value is -1.91. The molecule has 5 rings (SSSR count). The smallest absolute Gasteiger partial charge is 0.336 e. The number of fused-ring (bicyclic) bond motifs is 2. The number of nitrogens with one attached hydrogen (secondary N) is 1. The van der Waals surface area contributed by atoms with E-state index >= 15 is 0 Å². The average Bonchev–Trinajstić information content (AvgIpc) is 3.32. The minimum absolute atomic E-state index is 0.230. The summed E-state index contributed by atoms with van der Waals surface area (Å²) in [6.45, 7) is 6.25. The Bertz CT molecular complexity index is 1040. The van der Waals surface area contributed by atoms with Crippen LogP contribution in [0.2, 0.25) is 0 Å². The summed E-state index contributed by atoms with van der Waals surface area (Å²) < 4.78 is 5.49. The molecule has 26 heavy (non-hydrogen) atoms. The molecule has 3 heterocycles. The molecule has 0 spiro atoms. The quantitative estimate of drug-likeness (QED) is 0.719. The lowest BCUT2D eigenvalue weighted by Gasteiger charge is -2.33. The van der Waals surface area contributed by atoms with Gasteiger partial charge in [0.1, 0.15) is 18.2 Å². The number of quaternary nitrogens is 1. The van der Waals surface area contributed by atoms with Crippen LogP contribution in [0.5, 0.6) is 0 Å². The minimum atomic E-state index is -0.230. The second-order valence-electron chi connectivity index (χ2n) is 7.97. The summed E-state index contributed by atoms with van der Waals surface area (Å²) in [5, 5.41) is 3.35. The second kappa shape index (κ2) is 6.07. The average molecular weight is 367 g/mol. The van der Waals surface area contributed by atoms with E-state index in [1.165, 1.54) is 24.0 Å². The molecule has 2 atom stereocenters. The summed E-state index contributed by atoms with van der Waals surface area (Å²) in [5.41, 5.74) is 5.62. The van der Waals surface area contributed by atoms with Crippen LogP contribution in [0.3, 0.4) is 0 Å². The third-order valence-electron chi connectivity index (χ3n) is 6.18. The van der Waals surface area contributed by atoms with Gasteiger partial charge in [-0.15, -0.1) is 11.3 Å². The monoisotopic (exact) mass is 366 g/mol. The predicted molar refractivity (Wildman–Crippen MR) is 105 cm³/mol. The molecule has 0 saturated heterocycles. The lowest BCUT2D eigenvalue weighted by molar-refractivity contribution is -0.949. The molecule has 3 nitrogen and oxygen atoms in total. The van der Waals surface area contributed by atoms with Crippen LogP contribution < -0.4 is 10.5 Å². The number of thiophene rings is 1. The van der Waals surface area contributed by atoms with Crippen molar-refractivity contribution in [2.45, 2.75) is 45.7 Å². The number of aryl methyl sites for hydroxylation is 2. The van der Waals surface area contributed by atoms with E-state index in [1.54, 1.807) is 21.4 Å². The van der Waals surface area contributed by atoms with E-state index in [-0.39, 0.29) is 5.63 Å². The third kappa shape index (κ3) is 2.72. The van der Waals surface area contributed by atoms with Crippen molar-refractivity contribution in [2.24, 2.45) is 5.92 Å². The molecule has 0 bridgehead atoms. The van der Waals surface area contributed by atoms with Crippen LogP contribution in [-0.2, 0) is 13.0 Å². The van der Waals surface area contributed by atoms with Gasteiger partial charge in [-0.05, 0) is 61.4 Å². The maximum absolute atomic E-state index is 12.2. The first kappa shape index (κ1) is 16.3. The van der Waals surface area contributed by atoms with Crippen LogP contribution in [0.15, 0.2) is 38.9 Å². The van der Waals surface area contributed by atoms with Crippen molar-refractivity contribution < 1.29 is 9.32 Å². The number of hydrogen-bond donors (Lipinski definition) is 1. The van der Waals surface area contributed by atoms with Gasteiger partial charge in [-0.25, -0.2) is 4.79 Å². The van der Waals surface area contributed by atoms with Crippen LogP contribution in [0.4, 0.5) is 0 Å². The molecule has 1 aliphatic heterocycles. The zero-order valence-corrected chi connectivity index (χ0v) is 16.1. The van der Waals surface area contributed by atoms with Crippen LogP contribution >= 0.6 is 11.3 Å². The van der Waals surface area contributed by atoms with Gasteiger partial charge < -0.3 is 9.32 Å². The Balaban J connectivity index is 1.57. The van der Waals surface area contributed by atoms with Gasteiger partial charge in [-0.3, -0.25) is 0 Å². The maximum Gasteiger partial charge on any atom is 0.336 e. The first-order valence-electron chi connectivity index (χ1n) is 9.55. The van der Waals surface area contributed by atoms with Crippen molar-refractivity contribution in [3.05, 3.63) is 67.2 Å². The molecule has 3 aromatic rings. The van der Waals surface area contributed by atoms with E-state index in [0.717, 1.165) is 42.0 Å². The van der Waals surface area contributed by atoms with E-state index in [9.17, 15) is 4.79 Å². The topological polar surface area (TPSA) is 34.6 Å².